The third-order valence-corrected chi connectivity index (χ3v) is 5.89. The van der Waals surface area contributed by atoms with Crippen molar-refractivity contribution < 1.29 is 24.1 Å². The molecule has 1 aliphatic rings. The van der Waals surface area contributed by atoms with Crippen LogP contribution in [-0.4, -0.2) is 37.1 Å². The second kappa shape index (κ2) is 8.79. The molecule has 158 valence electrons. The molecule has 0 radical (unpaired) electrons. The molecule has 2 N–H and O–H groups in total. The van der Waals surface area contributed by atoms with Gasteiger partial charge in [-0.3, -0.25) is 0 Å². The maximum absolute atomic E-state index is 11.5. The first kappa shape index (κ1) is 20.3. The number of aromatic amines is 1. The quantitative estimate of drug-likeness (QED) is 0.499. The highest BCUT2D eigenvalue weighted by Gasteiger charge is 2.25. The molecule has 1 saturated carbocycles. The monoisotopic (exact) mass is 409 g/mol. The number of H-pyrrole nitrogens is 1. The van der Waals surface area contributed by atoms with Crippen LogP contribution in [0, 0.1) is 0 Å². The smallest absolute Gasteiger partial charge is 0.335 e. The van der Waals surface area contributed by atoms with E-state index in [1.54, 1.807) is 26.4 Å². The molecule has 1 fully saturated rings. The number of ether oxygens (including phenoxy) is 3. The van der Waals surface area contributed by atoms with E-state index in [0.717, 1.165) is 35.0 Å². The Bertz CT molecular complexity index is 1050. The summed E-state index contributed by atoms with van der Waals surface area (Å²) in [7, 11) is 3.21. The van der Waals surface area contributed by atoms with Gasteiger partial charge >= 0.3 is 5.97 Å². The van der Waals surface area contributed by atoms with Gasteiger partial charge in [0.2, 0.25) is 0 Å². The summed E-state index contributed by atoms with van der Waals surface area (Å²) in [5.74, 6) is 0.864. The molecule has 6 nitrogen and oxygen atoms in total. The largest absolute Gasteiger partial charge is 0.497 e. The van der Waals surface area contributed by atoms with Crippen molar-refractivity contribution >= 4 is 16.9 Å². The highest BCUT2D eigenvalue weighted by atomic mass is 16.7. The van der Waals surface area contributed by atoms with Crippen molar-refractivity contribution in [3.8, 4) is 22.8 Å². The summed E-state index contributed by atoms with van der Waals surface area (Å²) < 4.78 is 16.4. The number of hydrogen-bond acceptors (Lipinski definition) is 4. The molecular weight excluding hydrogens is 382 g/mol. The van der Waals surface area contributed by atoms with Crippen molar-refractivity contribution in [3.63, 3.8) is 0 Å². The lowest BCUT2D eigenvalue weighted by Crippen LogP contribution is -2.06. The number of benzene rings is 2. The first-order chi connectivity index (χ1) is 14.6. The number of aromatic carboxylic acids is 1. The fourth-order valence-corrected chi connectivity index (χ4v) is 4.46. The van der Waals surface area contributed by atoms with Crippen LogP contribution in [0.4, 0.5) is 0 Å². The molecular formula is C24H27NO5. The standard InChI is InChI=1S/C24H27NO5/c1-28-14-30-21-13-17(29-2)9-11-19(21)23-22(15-6-4-3-5-7-15)18-10-8-16(24(26)27)12-20(18)25-23/h8-13,15,25H,3-7,14H2,1-2H3,(H,26,27). The third kappa shape index (κ3) is 3.87. The fraction of sp³-hybridized carbons (Fsp3) is 0.375. The average Bonchev–Trinajstić information content (AvgIpc) is 3.16. The van der Waals surface area contributed by atoms with Crippen molar-refractivity contribution in [2.45, 2.75) is 38.0 Å². The van der Waals surface area contributed by atoms with Crippen molar-refractivity contribution in [1.29, 1.82) is 0 Å². The van der Waals surface area contributed by atoms with Crippen molar-refractivity contribution in [3.05, 3.63) is 47.5 Å². The van der Waals surface area contributed by atoms with Gasteiger partial charge in [-0.1, -0.05) is 25.3 Å². The molecule has 0 amide bonds. The number of fused-ring (bicyclic) bond motifs is 1. The van der Waals surface area contributed by atoms with Crippen LogP contribution < -0.4 is 9.47 Å². The SMILES string of the molecule is COCOc1cc(OC)ccc1-c1[nH]c2cc(C(=O)O)ccc2c1C1CCCCC1. The van der Waals surface area contributed by atoms with E-state index in [1.165, 1.54) is 24.8 Å². The zero-order chi connectivity index (χ0) is 21.1. The molecule has 0 saturated heterocycles. The third-order valence-electron chi connectivity index (χ3n) is 5.89. The maximum atomic E-state index is 11.5. The zero-order valence-corrected chi connectivity index (χ0v) is 17.4. The van der Waals surface area contributed by atoms with E-state index in [-0.39, 0.29) is 12.4 Å². The topological polar surface area (TPSA) is 80.8 Å². The summed E-state index contributed by atoms with van der Waals surface area (Å²) in [4.78, 5) is 15.0. The number of carbonyl (C=O) groups is 1. The average molecular weight is 409 g/mol. The summed E-state index contributed by atoms with van der Waals surface area (Å²) in [6, 6.07) is 11.1. The van der Waals surface area contributed by atoms with E-state index in [9.17, 15) is 9.90 Å². The van der Waals surface area contributed by atoms with Crippen molar-refractivity contribution in [2.75, 3.05) is 21.0 Å². The molecule has 1 aromatic heterocycles. The van der Waals surface area contributed by atoms with Gasteiger partial charge in [0.1, 0.15) is 11.5 Å². The predicted molar refractivity (Wildman–Crippen MR) is 116 cm³/mol. The number of carboxylic acid groups (broad SMARTS) is 1. The van der Waals surface area contributed by atoms with E-state index in [1.807, 2.05) is 24.3 Å². The molecule has 0 aliphatic heterocycles. The molecule has 1 aliphatic carbocycles. The Morgan fingerprint density at radius 3 is 2.60 bits per heavy atom. The minimum absolute atomic E-state index is 0.127. The summed E-state index contributed by atoms with van der Waals surface area (Å²) in [5.41, 5.74) is 4.25. The molecule has 30 heavy (non-hydrogen) atoms. The second-order valence-electron chi connectivity index (χ2n) is 7.73. The minimum atomic E-state index is -0.930. The summed E-state index contributed by atoms with van der Waals surface area (Å²) in [6.45, 7) is 0.127. The van der Waals surface area contributed by atoms with Crippen molar-refractivity contribution in [2.24, 2.45) is 0 Å². The van der Waals surface area contributed by atoms with Crippen LogP contribution in [0.25, 0.3) is 22.2 Å². The van der Waals surface area contributed by atoms with Gasteiger partial charge in [-0.05, 0) is 48.6 Å². The number of nitrogens with one attached hydrogen (secondary N) is 1. The van der Waals surface area contributed by atoms with Crippen molar-refractivity contribution in [1.82, 2.24) is 4.98 Å². The van der Waals surface area contributed by atoms with Gasteiger partial charge in [0, 0.05) is 29.6 Å². The molecule has 2 aromatic carbocycles. The van der Waals surface area contributed by atoms with Gasteiger partial charge in [-0.2, -0.15) is 0 Å². The Morgan fingerprint density at radius 1 is 1.10 bits per heavy atom. The Morgan fingerprint density at radius 2 is 1.90 bits per heavy atom. The Balaban J connectivity index is 1.91. The predicted octanol–water partition coefficient (Wildman–Crippen LogP) is 5.57. The van der Waals surface area contributed by atoms with Gasteiger partial charge in [0.15, 0.2) is 6.79 Å². The van der Waals surface area contributed by atoms with Crippen LogP contribution in [0.1, 0.15) is 53.9 Å². The van der Waals surface area contributed by atoms with E-state index < -0.39 is 5.97 Å². The van der Waals surface area contributed by atoms with E-state index >= 15 is 0 Å². The van der Waals surface area contributed by atoms with E-state index in [2.05, 4.69) is 4.98 Å². The number of rotatable bonds is 7. The number of aromatic nitrogens is 1. The van der Waals surface area contributed by atoms with Crippen LogP contribution in [0.2, 0.25) is 0 Å². The number of carboxylic acids is 1. The van der Waals surface area contributed by atoms with Crippen LogP contribution in [0.15, 0.2) is 36.4 Å². The first-order valence-electron chi connectivity index (χ1n) is 10.3. The first-order valence-corrected chi connectivity index (χ1v) is 10.3. The highest BCUT2D eigenvalue weighted by Crippen LogP contribution is 2.45. The van der Waals surface area contributed by atoms with Crippen LogP contribution in [-0.2, 0) is 4.74 Å². The molecule has 6 heteroatoms. The van der Waals surface area contributed by atoms with Gasteiger partial charge in [0.25, 0.3) is 0 Å². The lowest BCUT2D eigenvalue weighted by Gasteiger charge is -2.23. The van der Waals surface area contributed by atoms with Crippen LogP contribution in [0.5, 0.6) is 11.5 Å². The van der Waals surface area contributed by atoms with Gasteiger partial charge < -0.3 is 24.3 Å². The van der Waals surface area contributed by atoms with Gasteiger partial charge in [-0.25, -0.2) is 4.79 Å². The molecule has 1 heterocycles. The maximum Gasteiger partial charge on any atom is 0.335 e. The summed E-state index contributed by atoms with van der Waals surface area (Å²) in [6.07, 6.45) is 5.94. The highest BCUT2D eigenvalue weighted by molar-refractivity contribution is 5.98. The number of hydrogen-bond donors (Lipinski definition) is 2. The molecule has 0 bridgehead atoms. The summed E-state index contributed by atoms with van der Waals surface area (Å²) >= 11 is 0. The normalized spacial score (nSPS) is 14.7. The Labute approximate surface area is 175 Å². The lowest BCUT2D eigenvalue weighted by atomic mass is 9.81. The van der Waals surface area contributed by atoms with Gasteiger partial charge in [-0.15, -0.1) is 0 Å². The zero-order valence-electron chi connectivity index (χ0n) is 17.4. The Kier molecular flexibility index (Phi) is 5.95. The minimum Gasteiger partial charge on any atom is -0.497 e. The van der Waals surface area contributed by atoms with Gasteiger partial charge in [0.05, 0.1) is 18.4 Å². The van der Waals surface area contributed by atoms with Crippen LogP contribution in [0.3, 0.4) is 0 Å². The molecule has 0 spiro atoms. The van der Waals surface area contributed by atoms with E-state index in [0.29, 0.717) is 17.4 Å². The number of methoxy groups -OCH3 is 2. The Hall–Kier alpha value is -2.99. The fourth-order valence-electron chi connectivity index (χ4n) is 4.46. The molecule has 0 unspecified atom stereocenters. The second-order valence-corrected chi connectivity index (χ2v) is 7.73. The lowest BCUT2D eigenvalue weighted by molar-refractivity contribution is 0.0513. The summed E-state index contributed by atoms with van der Waals surface area (Å²) in [5, 5.41) is 10.5. The molecule has 3 aromatic rings. The van der Waals surface area contributed by atoms with E-state index in [4.69, 9.17) is 14.2 Å². The van der Waals surface area contributed by atoms with Crippen LogP contribution >= 0.6 is 0 Å². The molecule has 0 atom stereocenters. The molecule has 4 rings (SSSR count).